The molecular formula is C4H12N2O6. The molecule has 0 saturated heterocycles. The summed E-state index contributed by atoms with van der Waals surface area (Å²) < 4.78 is 0. The third-order valence-corrected chi connectivity index (χ3v) is 0.952. The molecule has 74 valence electrons. The lowest BCUT2D eigenvalue weighted by molar-refractivity contribution is -0.496. The summed E-state index contributed by atoms with van der Waals surface area (Å²) in [5.74, 6) is 0. The molecule has 0 aromatic carbocycles. The summed E-state index contributed by atoms with van der Waals surface area (Å²) in [5.41, 5.74) is 0. The van der Waals surface area contributed by atoms with Gasteiger partial charge in [-0.3, -0.25) is 30.5 Å². The molecular weight excluding hydrogens is 172 g/mol. The van der Waals surface area contributed by atoms with Crippen LogP contribution in [-0.2, 0) is 9.68 Å². The lowest BCUT2D eigenvalue weighted by Crippen LogP contribution is -2.17. The van der Waals surface area contributed by atoms with Crippen LogP contribution in [0.1, 0.15) is 12.8 Å². The predicted molar refractivity (Wildman–Crippen MR) is 32.0 cm³/mol. The van der Waals surface area contributed by atoms with Crippen molar-refractivity contribution in [3.63, 3.8) is 0 Å². The van der Waals surface area contributed by atoms with Crippen molar-refractivity contribution in [2.75, 3.05) is 13.2 Å². The van der Waals surface area contributed by atoms with Crippen molar-refractivity contribution in [2.24, 2.45) is 0 Å². The minimum atomic E-state index is -0.384. The summed E-state index contributed by atoms with van der Waals surface area (Å²) in [5, 5.41) is 31.4. The Kier molecular flexibility index (Phi) is 7.14. The van der Waals surface area contributed by atoms with E-state index in [9.17, 15) is 0 Å². The molecule has 0 aliphatic rings. The van der Waals surface area contributed by atoms with E-state index in [0.717, 1.165) is 0 Å². The molecule has 0 rings (SSSR count). The quantitative estimate of drug-likeness (QED) is 0.318. The van der Waals surface area contributed by atoms with Crippen molar-refractivity contribution in [3.05, 3.63) is 0 Å². The molecule has 0 aromatic rings. The Hall–Kier alpha value is -0.320. The van der Waals surface area contributed by atoms with E-state index in [1.165, 1.54) is 0 Å². The van der Waals surface area contributed by atoms with Gasteiger partial charge in [-0.1, -0.05) is 0 Å². The Morgan fingerprint density at radius 1 is 0.750 bits per heavy atom. The predicted octanol–water partition coefficient (Wildman–Crippen LogP) is -0.209. The van der Waals surface area contributed by atoms with Gasteiger partial charge in [0.25, 0.3) is 0 Å². The van der Waals surface area contributed by atoms with Gasteiger partial charge < -0.3 is 0 Å². The fraction of sp³-hybridized carbons (Fsp3) is 1.00. The SMILES string of the molecule is ON(O)OCCCCON(O)O. The van der Waals surface area contributed by atoms with Crippen LogP contribution in [0.25, 0.3) is 0 Å². The maximum atomic E-state index is 8.04. The van der Waals surface area contributed by atoms with E-state index < -0.39 is 0 Å². The first kappa shape index (κ1) is 11.7. The zero-order valence-corrected chi connectivity index (χ0v) is 6.33. The summed E-state index contributed by atoms with van der Waals surface area (Å²) in [6.45, 7) is 0.209. The maximum Gasteiger partial charge on any atom is 0.0737 e. The average molecular weight is 184 g/mol. The first-order valence-corrected chi connectivity index (χ1v) is 3.24. The Bertz CT molecular complexity index is 87.5. The third-order valence-electron chi connectivity index (χ3n) is 0.952. The molecule has 0 spiro atoms. The van der Waals surface area contributed by atoms with Crippen molar-refractivity contribution >= 4 is 0 Å². The van der Waals surface area contributed by atoms with Gasteiger partial charge in [0.05, 0.1) is 24.0 Å². The minimum absolute atomic E-state index is 0.104. The first-order chi connectivity index (χ1) is 5.63. The number of hydrogen-bond acceptors (Lipinski definition) is 8. The zero-order valence-electron chi connectivity index (χ0n) is 6.33. The second-order valence-electron chi connectivity index (χ2n) is 1.88. The lowest BCUT2D eigenvalue weighted by atomic mass is 10.3. The Morgan fingerprint density at radius 3 is 1.33 bits per heavy atom. The highest BCUT2D eigenvalue weighted by Crippen LogP contribution is 1.92. The second-order valence-corrected chi connectivity index (χ2v) is 1.88. The Morgan fingerprint density at radius 2 is 1.08 bits per heavy atom. The van der Waals surface area contributed by atoms with E-state index in [0.29, 0.717) is 12.8 Å². The summed E-state index contributed by atoms with van der Waals surface area (Å²) in [6.07, 6.45) is 0.983. The molecule has 0 saturated carbocycles. The number of hydrogen-bond donors (Lipinski definition) is 4. The molecule has 4 N–H and O–H groups in total. The van der Waals surface area contributed by atoms with Gasteiger partial charge in [0, 0.05) is 0 Å². The number of nitrogens with zero attached hydrogens (tertiary/aromatic N) is 2. The summed E-state index contributed by atoms with van der Waals surface area (Å²) in [4.78, 5) is 8.40. The monoisotopic (exact) mass is 184 g/mol. The Balaban J connectivity index is 2.91. The maximum absolute atomic E-state index is 8.04. The van der Waals surface area contributed by atoms with Gasteiger partial charge in [-0.05, 0) is 12.8 Å². The molecule has 0 heterocycles. The van der Waals surface area contributed by atoms with E-state index >= 15 is 0 Å². The van der Waals surface area contributed by atoms with Crippen LogP contribution in [0.2, 0.25) is 0 Å². The van der Waals surface area contributed by atoms with Gasteiger partial charge in [0.15, 0.2) is 0 Å². The highest BCUT2D eigenvalue weighted by Gasteiger charge is 1.96. The molecule has 0 unspecified atom stereocenters. The van der Waals surface area contributed by atoms with Crippen molar-refractivity contribution in [2.45, 2.75) is 12.8 Å². The second kappa shape index (κ2) is 7.34. The summed E-state index contributed by atoms with van der Waals surface area (Å²) >= 11 is 0. The fourth-order valence-electron chi connectivity index (χ4n) is 0.497. The molecule has 8 nitrogen and oxygen atoms in total. The molecule has 0 aromatic heterocycles. The third kappa shape index (κ3) is 9.68. The van der Waals surface area contributed by atoms with Crippen LogP contribution in [0, 0.1) is 0 Å². The average Bonchev–Trinajstić information content (AvgIpc) is 1.95. The number of unbranched alkanes of at least 4 members (excludes halogenated alkanes) is 1. The smallest absolute Gasteiger partial charge is 0.0737 e. The normalized spacial score (nSPS) is 11.5. The van der Waals surface area contributed by atoms with Crippen molar-refractivity contribution in [1.29, 1.82) is 0 Å². The van der Waals surface area contributed by atoms with E-state index in [4.69, 9.17) is 20.8 Å². The zero-order chi connectivity index (χ0) is 9.40. The van der Waals surface area contributed by atoms with Gasteiger partial charge in [-0.25, -0.2) is 0 Å². The van der Waals surface area contributed by atoms with Crippen LogP contribution in [0.5, 0.6) is 0 Å². The van der Waals surface area contributed by atoms with Crippen molar-refractivity contribution < 1.29 is 30.5 Å². The van der Waals surface area contributed by atoms with Gasteiger partial charge >= 0.3 is 0 Å². The van der Waals surface area contributed by atoms with Crippen LogP contribution in [-0.4, -0.2) is 44.8 Å². The largest absolute Gasteiger partial charge is 0.266 e. The molecule has 0 radical (unpaired) electrons. The molecule has 0 fully saturated rings. The summed E-state index contributed by atoms with van der Waals surface area (Å²) in [6, 6.07) is 0. The van der Waals surface area contributed by atoms with Gasteiger partial charge in [-0.2, -0.15) is 0 Å². The Labute approximate surface area is 68.5 Å². The van der Waals surface area contributed by atoms with Crippen molar-refractivity contribution in [1.82, 2.24) is 10.8 Å². The van der Waals surface area contributed by atoms with Gasteiger partial charge in [-0.15, -0.1) is 0 Å². The van der Waals surface area contributed by atoms with Crippen LogP contribution >= 0.6 is 0 Å². The van der Waals surface area contributed by atoms with E-state index in [1.807, 2.05) is 0 Å². The van der Waals surface area contributed by atoms with Crippen LogP contribution in [0.3, 0.4) is 0 Å². The molecule has 8 heteroatoms. The number of rotatable bonds is 7. The molecule has 0 bridgehead atoms. The van der Waals surface area contributed by atoms with Crippen LogP contribution < -0.4 is 0 Å². The lowest BCUT2D eigenvalue weighted by Gasteiger charge is -2.07. The van der Waals surface area contributed by atoms with Crippen LogP contribution in [0.15, 0.2) is 0 Å². The van der Waals surface area contributed by atoms with Crippen LogP contribution in [0.4, 0.5) is 0 Å². The summed E-state index contributed by atoms with van der Waals surface area (Å²) in [7, 11) is 0. The molecule has 0 aliphatic heterocycles. The van der Waals surface area contributed by atoms with Gasteiger partial charge in [0.1, 0.15) is 0 Å². The molecule has 0 aliphatic carbocycles. The van der Waals surface area contributed by atoms with E-state index in [-0.39, 0.29) is 24.0 Å². The standard InChI is InChI=1S/C4H12N2O6/c7-5(8)11-3-1-2-4-12-6(9)10/h7-10H,1-4H2. The van der Waals surface area contributed by atoms with E-state index in [2.05, 4.69) is 9.68 Å². The highest BCUT2D eigenvalue weighted by atomic mass is 17.1. The topological polar surface area (TPSA) is 106 Å². The van der Waals surface area contributed by atoms with E-state index in [1.54, 1.807) is 0 Å². The van der Waals surface area contributed by atoms with Gasteiger partial charge in [0.2, 0.25) is 0 Å². The van der Waals surface area contributed by atoms with Crippen molar-refractivity contribution in [3.8, 4) is 0 Å². The minimum Gasteiger partial charge on any atom is -0.266 e. The first-order valence-electron chi connectivity index (χ1n) is 3.24. The molecule has 0 atom stereocenters. The molecule has 12 heavy (non-hydrogen) atoms. The molecule has 0 amide bonds. The fourth-order valence-corrected chi connectivity index (χ4v) is 0.497. The highest BCUT2D eigenvalue weighted by molar-refractivity contribution is 4.33.